The number of benzene rings is 1. The van der Waals surface area contributed by atoms with Crippen LogP contribution in [0.2, 0.25) is 0 Å². The molecule has 142 valence electrons. The molecule has 0 unspecified atom stereocenters. The van der Waals surface area contributed by atoms with Crippen LogP contribution in [0.4, 0.5) is 11.4 Å². The number of phenols is 2. The third-order valence-electron chi connectivity index (χ3n) is 3.07. The van der Waals surface area contributed by atoms with Crippen molar-refractivity contribution in [3.05, 3.63) is 12.1 Å². The summed E-state index contributed by atoms with van der Waals surface area (Å²) in [6.45, 7) is -3.88. The molecule has 1 aromatic rings. The van der Waals surface area contributed by atoms with E-state index in [-0.39, 0.29) is 82.2 Å². The summed E-state index contributed by atoms with van der Waals surface area (Å²) >= 11 is 0. The van der Waals surface area contributed by atoms with Crippen molar-refractivity contribution in [2.45, 2.75) is 0 Å². The van der Waals surface area contributed by atoms with Gasteiger partial charge in [-0.15, -0.1) is 0 Å². The molecule has 0 aliphatic heterocycles. The third kappa shape index (κ3) is 10.6. The van der Waals surface area contributed by atoms with Crippen molar-refractivity contribution in [3.8, 4) is 11.5 Å². The van der Waals surface area contributed by atoms with Gasteiger partial charge in [0.15, 0.2) is 11.5 Å². The van der Waals surface area contributed by atoms with E-state index < -0.39 is 72.9 Å². The molecule has 0 amide bonds. The summed E-state index contributed by atoms with van der Waals surface area (Å²) < 4.78 is 0. The molecule has 0 saturated heterocycles. The quantitative estimate of drug-likeness (QED) is 0.258. The Morgan fingerprint density at radius 2 is 0.862 bits per heavy atom. The van der Waals surface area contributed by atoms with Crippen molar-refractivity contribution in [1.82, 2.24) is 0 Å². The molecular weight excluding hydrogens is 426 g/mol. The molecule has 0 aliphatic rings. The second-order valence-corrected chi connectivity index (χ2v) is 5.00. The number of rotatable bonds is 10. The van der Waals surface area contributed by atoms with Crippen molar-refractivity contribution in [2.24, 2.45) is 0 Å². The molecule has 1 aromatic carbocycles. The molecule has 12 nitrogen and oxygen atoms in total. The van der Waals surface area contributed by atoms with E-state index in [1.165, 1.54) is 0 Å². The average molecular weight is 439 g/mol. The number of phenolic OH excluding ortho intramolecular Hbond substituents is 2. The van der Waals surface area contributed by atoms with Crippen LogP contribution in [0.5, 0.6) is 11.5 Å². The number of anilines is 2. The molecule has 15 heteroatoms. The van der Waals surface area contributed by atoms with E-state index in [1.54, 1.807) is 0 Å². The summed E-state index contributed by atoms with van der Waals surface area (Å²) in [5, 5.41) is 62.9. The van der Waals surface area contributed by atoms with Gasteiger partial charge in [-0.2, -0.15) is 0 Å². The van der Waals surface area contributed by atoms with Crippen molar-refractivity contribution in [3.63, 3.8) is 0 Å². The molecule has 0 radical (unpaired) electrons. The Morgan fingerprint density at radius 1 is 0.655 bits per heavy atom. The molecule has 0 fully saturated rings. The Labute approximate surface area is 224 Å². The topological polar surface area (TPSA) is 207 Å². The van der Waals surface area contributed by atoms with Crippen molar-refractivity contribution in [1.29, 1.82) is 0 Å². The summed E-state index contributed by atoms with van der Waals surface area (Å²) in [6.07, 6.45) is 0. The Balaban J connectivity index is -0.00000225. The first-order valence-corrected chi connectivity index (χ1v) is 6.87. The fraction of sp³-hybridized carbons (Fsp3) is 0.286. The average Bonchev–Trinajstić information content (AvgIpc) is 2.46. The summed E-state index contributed by atoms with van der Waals surface area (Å²) in [6, 6.07) is 1.90. The molecule has 0 bridgehead atoms. The van der Waals surface area contributed by atoms with Gasteiger partial charge in [0.2, 0.25) is 0 Å². The SMILES string of the molecule is O=C([O-])CN(CC(=O)[O-])c1ccc(N(CC(=O)[O-])CC(=O)[O-])c(O)c1O.[Mg+2].[Na+].[Na+]. The van der Waals surface area contributed by atoms with Crippen molar-refractivity contribution in [2.75, 3.05) is 36.0 Å². The summed E-state index contributed by atoms with van der Waals surface area (Å²) in [4.78, 5) is 44.1. The second kappa shape index (κ2) is 15.0. The van der Waals surface area contributed by atoms with Crippen LogP contribution >= 0.6 is 0 Å². The molecule has 0 atom stereocenters. The minimum atomic E-state index is -1.69. The first-order chi connectivity index (χ1) is 12.0. The zero-order chi connectivity index (χ0) is 20.0. The van der Waals surface area contributed by atoms with Crippen LogP contribution in [0.25, 0.3) is 0 Å². The second-order valence-electron chi connectivity index (χ2n) is 5.00. The van der Waals surface area contributed by atoms with E-state index in [0.717, 1.165) is 12.1 Å². The van der Waals surface area contributed by atoms with E-state index in [4.69, 9.17) is 0 Å². The standard InChI is InChI=1S/C14H16N2O10.Mg.2Na/c17-9(18)3-15(4-10(19)20)7-1-2-8(14(26)13(7)25)16(5-11(21)22)6-12(23)24;;;/h1-2,25-26H,3-6H2,(H,17,18)(H,19,20)(H,21,22)(H,23,24);;;/q;+2;2*+1/p-4. The minimum Gasteiger partial charge on any atom is -0.548 e. The molecule has 1 rings (SSSR count). The number of carbonyl (C=O) groups is 4. The number of carboxylic acids is 4. The Hall–Kier alpha value is -0.934. The van der Waals surface area contributed by atoms with Crippen molar-refractivity contribution < 1.29 is 109 Å². The van der Waals surface area contributed by atoms with Gasteiger partial charge < -0.3 is 59.6 Å². The monoisotopic (exact) mass is 438 g/mol. The van der Waals surface area contributed by atoms with Gasteiger partial charge in [-0.25, -0.2) is 0 Å². The first-order valence-electron chi connectivity index (χ1n) is 6.87. The predicted octanol–water partition coefficient (Wildman–Crippen LogP) is -12.7. The number of carboxylic acid groups (broad SMARTS) is 4. The van der Waals surface area contributed by atoms with Gasteiger partial charge >= 0.3 is 82.2 Å². The van der Waals surface area contributed by atoms with Gasteiger partial charge in [0, 0.05) is 0 Å². The Bertz CT molecular complexity index is 656. The number of aliphatic carboxylic acids is 4. The normalized spacial score (nSPS) is 9.10. The van der Waals surface area contributed by atoms with E-state index in [0.29, 0.717) is 9.80 Å². The van der Waals surface area contributed by atoms with Crippen LogP contribution in [-0.2, 0) is 19.2 Å². The maximum absolute atomic E-state index is 10.7. The van der Waals surface area contributed by atoms with Crippen LogP contribution in [0.3, 0.4) is 0 Å². The third-order valence-corrected chi connectivity index (χ3v) is 3.07. The van der Waals surface area contributed by atoms with Gasteiger partial charge in [-0.3, -0.25) is 0 Å². The molecule has 29 heavy (non-hydrogen) atoms. The van der Waals surface area contributed by atoms with E-state index in [9.17, 15) is 49.8 Å². The Morgan fingerprint density at radius 3 is 1.03 bits per heavy atom. The van der Waals surface area contributed by atoms with Crippen LogP contribution < -0.4 is 89.3 Å². The zero-order valence-corrected chi connectivity index (χ0v) is 21.2. The summed E-state index contributed by atoms with van der Waals surface area (Å²) in [5.41, 5.74) is -0.886. The van der Waals surface area contributed by atoms with E-state index >= 15 is 0 Å². The van der Waals surface area contributed by atoms with Gasteiger partial charge in [-0.05, 0) is 12.1 Å². The molecular formula is C14H12MgN2Na2O10. The van der Waals surface area contributed by atoms with E-state index in [1.807, 2.05) is 0 Å². The zero-order valence-electron chi connectivity index (χ0n) is 15.7. The fourth-order valence-corrected chi connectivity index (χ4v) is 2.14. The van der Waals surface area contributed by atoms with Gasteiger partial charge in [-0.1, -0.05) is 0 Å². The number of nitrogens with zero attached hydrogens (tertiary/aromatic N) is 2. The maximum atomic E-state index is 10.7. The first kappa shape index (κ1) is 32.7. The van der Waals surface area contributed by atoms with Crippen LogP contribution in [0.1, 0.15) is 0 Å². The number of hydrogen-bond donors (Lipinski definition) is 2. The minimum absolute atomic E-state index is 0. The van der Waals surface area contributed by atoms with Crippen LogP contribution in [0.15, 0.2) is 12.1 Å². The number of aromatic hydroxyl groups is 2. The molecule has 0 heterocycles. The summed E-state index contributed by atoms with van der Waals surface area (Å²) in [5.74, 6) is -8.78. The molecule has 2 N–H and O–H groups in total. The largest absolute Gasteiger partial charge is 2.00 e. The molecule has 0 aromatic heterocycles. The Kier molecular flexibility index (Phi) is 16.9. The summed E-state index contributed by atoms with van der Waals surface area (Å²) in [7, 11) is 0. The fourth-order valence-electron chi connectivity index (χ4n) is 2.14. The van der Waals surface area contributed by atoms with Gasteiger partial charge in [0.05, 0.1) is 61.4 Å². The van der Waals surface area contributed by atoms with Crippen molar-refractivity contribution >= 4 is 58.3 Å². The van der Waals surface area contributed by atoms with Gasteiger partial charge in [0.25, 0.3) is 0 Å². The van der Waals surface area contributed by atoms with Crippen LogP contribution in [-0.4, -0.2) is 83.3 Å². The van der Waals surface area contributed by atoms with E-state index in [2.05, 4.69) is 0 Å². The molecule has 0 aliphatic carbocycles. The maximum Gasteiger partial charge on any atom is 2.00 e. The molecule has 0 saturated carbocycles. The number of hydrogen-bond acceptors (Lipinski definition) is 12. The van der Waals surface area contributed by atoms with Crippen LogP contribution in [0, 0.1) is 0 Å². The predicted molar refractivity (Wildman–Crippen MR) is 80.0 cm³/mol. The molecule has 0 spiro atoms. The van der Waals surface area contributed by atoms with Gasteiger partial charge in [0.1, 0.15) is 0 Å². The number of carbonyl (C=O) groups excluding carboxylic acids is 4. The smallest absolute Gasteiger partial charge is 0.548 e.